The van der Waals surface area contributed by atoms with Gasteiger partial charge in [0.15, 0.2) is 5.11 Å². The molecule has 5 nitrogen and oxygen atoms in total. The largest absolute Gasteiger partial charge is 0.368 e. The van der Waals surface area contributed by atoms with Gasteiger partial charge >= 0.3 is 0 Å². The summed E-state index contributed by atoms with van der Waals surface area (Å²) in [6.45, 7) is 0. The van der Waals surface area contributed by atoms with Crippen LogP contribution in [0, 0.1) is 0 Å². The molecule has 1 rings (SSSR count). The zero-order valence-corrected chi connectivity index (χ0v) is 9.66. The highest BCUT2D eigenvalue weighted by Gasteiger charge is 1.90. The molecule has 0 aliphatic carbocycles. The molecule has 0 aromatic heterocycles. The highest BCUT2D eigenvalue weighted by Crippen LogP contribution is 1.92. The topological polar surface area (TPSA) is 74.8 Å². The summed E-state index contributed by atoms with van der Waals surface area (Å²) in [5.74, 6) is 0.145. The van der Waals surface area contributed by atoms with Crippen LogP contribution in [0.4, 0.5) is 0 Å². The zero-order chi connectivity index (χ0) is 11.8. The van der Waals surface area contributed by atoms with E-state index >= 15 is 0 Å². The lowest BCUT2D eigenvalue weighted by atomic mass is 10.2. The molecule has 0 radical (unpaired) electrons. The van der Waals surface area contributed by atoms with Crippen molar-refractivity contribution in [3.05, 3.63) is 35.9 Å². The molecule has 0 aliphatic rings. The third kappa shape index (κ3) is 4.52. The van der Waals surface area contributed by atoms with Crippen molar-refractivity contribution >= 4 is 29.5 Å². The summed E-state index contributed by atoms with van der Waals surface area (Å²) in [6, 6.07) is 9.64. The Balaban J connectivity index is 2.49. The summed E-state index contributed by atoms with van der Waals surface area (Å²) in [5.41, 5.74) is 9.05. The van der Waals surface area contributed by atoms with Crippen molar-refractivity contribution in [1.29, 1.82) is 0 Å². The van der Waals surface area contributed by atoms with Crippen molar-refractivity contribution < 1.29 is 0 Å². The number of benzene rings is 1. The number of aliphatic imine (C=N–C) groups is 1. The van der Waals surface area contributed by atoms with Crippen LogP contribution in [0.15, 0.2) is 40.4 Å². The van der Waals surface area contributed by atoms with Gasteiger partial charge in [-0.1, -0.05) is 30.3 Å². The van der Waals surface area contributed by atoms with Gasteiger partial charge in [0, 0.05) is 7.05 Å². The van der Waals surface area contributed by atoms with E-state index in [1.165, 1.54) is 0 Å². The van der Waals surface area contributed by atoms with Gasteiger partial charge in [-0.3, -0.25) is 0 Å². The molecule has 0 spiro atoms. The second kappa shape index (κ2) is 6.52. The Hall–Kier alpha value is -1.95. The Labute approximate surface area is 99.5 Å². The van der Waals surface area contributed by atoms with Crippen LogP contribution in [-0.2, 0) is 0 Å². The van der Waals surface area contributed by atoms with Crippen molar-refractivity contribution in [3.8, 4) is 0 Å². The minimum atomic E-state index is 0.145. The SMILES string of the molecule is CNC(=S)N=C(N)N/N=C\c1ccccc1. The van der Waals surface area contributed by atoms with Gasteiger partial charge in [-0.05, 0) is 17.8 Å². The van der Waals surface area contributed by atoms with Gasteiger partial charge < -0.3 is 11.1 Å². The van der Waals surface area contributed by atoms with E-state index in [4.69, 9.17) is 18.0 Å². The zero-order valence-electron chi connectivity index (χ0n) is 8.84. The molecule has 0 heterocycles. The number of hydrogen-bond acceptors (Lipinski definition) is 2. The molecule has 0 amide bonds. The number of hydrazone groups is 1. The Morgan fingerprint density at radius 1 is 1.38 bits per heavy atom. The number of hydrogen-bond donors (Lipinski definition) is 3. The molecule has 1 aromatic rings. The van der Waals surface area contributed by atoms with Crippen molar-refractivity contribution in [2.75, 3.05) is 7.05 Å². The van der Waals surface area contributed by atoms with E-state index in [0.29, 0.717) is 5.11 Å². The van der Waals surface area contributed by atoms with E-state index in [0.717, 1.165) is 5.56 Å². The molecule has 16 heavy (non-hydrogen) atoms. The van der Waals surface area contributed by atoms with Crippen molar-refractivity contribution in [3.63, 3.8) is 0 Å². The van der Waals surface area contributed by atoms with Crippen LogP contribution < -0.4 is 16.5 Å². The predicted molar refractivity (Wildman–Crippen MR) is 70.5 cm³/mol. The third-order valence-corrected chi connectivity index (χ3v) is 1.92. The predicted octanol–water partition coefficient (Wildman–Crippen LogP) is 0.429. The maximum atomic E-state index is 5.51. The lowest BCUT2D eigenvalue weighted by Gasteiger charge is -1.99. The Morgan fingerprint density at radius 2 is 2.06 bits per heavy atom. The van der Waals surface area contributed by atoms with Gasteiger partial charge in [0.1, 0.15) is 0 Å². The first kappa shape index (κ1) is 12.1. The minimum Gasteiger partial charge on any atom is -0.368 e. The summed E-state index contributed by atoms with van der Waals surface area (Å²) >= 11 is 4.80. The summed E-state index contributed by atoms with van der Waals surface area (Å²) in [7, 11) is 1.67. The number of nitrogens with one attached hydrogen (secondary N) is 2. The van der Waals surface area contributed by atoms with Crippen molar-refractivity contribution in [1.82, 2.24) is 10.7 Å². The quantitative estimate of drug-likeness (QED) is 0.301. The first-order chi connectivity index (χ1) is 7.72. The molecule has 0 saturated heterocycles. The average molecular weight is 235 g/mol. The maximum absolute atomic E-state index is 5.51. The van der Waals surface area contributed by atoms with E-state index in [1.807, 2.05) is 30.3 Å². The normalized spacial score (nSPS) is 11.4. The fourth-order valence-corrected chi connectivity index (χ4v) is 1.00. The molecule has 0 unspecified atom stereocenters. The highest BCUT2D eigenvalue weighted by molar-refractivity contribution is 7.80. The van der Waals surface area contributed by atoms with Crippen LogP contribution in [0.2, 0.25) is 0 Å². The molecular formula is C10H13N5S. The number of guanidine groups is 1. The highest BCUT2D eigenvalue weighted by atomic mass is 32.1. The van der Waals surface area contributed by atoms with Crippen LogP contribution in [-0.4, -0.2) is 24.3 Å². The number of thiocarbonyl (C=S) groups is 1. The monoisotopic (exact) mass is 235 g/mol. The molecule has 0 aliphatic heterocycles. The maximum Gasteiger partial charge on any atom is 0.216 e. The second-order valence-electron chi connectivity index (χ2n) is 2.83. The lowest BCUT2D eigenvalue weighted by molar-refractivity contribution is 1.01. The van der Waals surface area contributed by atoms with Gasteiger partial charge in [-0.15, -0.1) is 0 Å². The molecule has 0 saturated carbocycles. The van der Waals surface area contributed by atoms with Crippen molar-refractivity contribution in [2.24, 2.45) is 15.8 Å². The van der Waals surface area contributed by atoms with Gasteiger partial charge in [0.2, 0.25) is 5.96 Å². The van der Waals surface area contributed by atoms with E-state index in [9.17, 15) is 0 Å². The summed E-state index contributed by atoms with van der Waals surface area (Å²) in [5, 5.41) is 6.89. The Morgan fingerprint density at radius 3 is 2.69 bits per heavy atom. The molecule has 4 N–H and O–H groups in total. The molecule has 0 atom stereocenters. The fraction of sp³-hybridized carbons (Fsp3) is 0.100. The first-order valence-corrected chi connectivity index (χ1v) is 5.03. The summed E-state index contributed by atoms with van der Waals surface area (Å²) in [4.78, 5) is 3.82. The molecule has 6 heteroatoms. The van der Waals surface area contributed by atoms with Gasteiger partial charge in [0.25, 0.3) is 0 Å². The number of nitrogens with zero attached hydrogens (tertiary/aromatic N) is 2. The smallest absolute Gasteiger partial charge is 0.216 e. The lowest BCUT2D eigenvalue weighted by Crippen LogP contribution is -2.30. The van der Waals surface area contributed by atoms with Crippen LogP contribution in [0.1, 0.15) is 5.56 Å². The Kier molecular flexibility index (Phi) is 4.94. The van der Waals surface area contributed by atoms with Gasteiger partial charge in [-0.2, -0.15) is 10.1 Å². The van der Waals surface area contributed by atoms with Crippen LogP contribution >= 0.6 is 12.2 Å². The van der Waals surface area contributed by atoms with Crippen LogP contribution in [0.25, 0.3) is 0 Å². The van der Waals surface area contributed by atoms with Gasteiger partial charge in [-0.25, -0.2) is 5.43 Å². The minimum absolute atomic E-state index is 0.145. The molecule has 0 fully saturated rings. The van der Waals surface area contributed by atoms with Crippen LogP contribution in [0.5, 0.6) is 0 Å². The Bertz CT molecular complexity index is 399. The second-order valence-corrected chi connectivity index (χ2v) is 3.22. The fourth-order valence-electron chi connectivity index (χ4n) is 0.902. The van der Waals surface area contributed by atoms with Crippen molar-refractivity contribution in [2.45, 2.75) is 0 Å². The van der Waals surface area contributed by atoms with E-state index in [2.05, 4.69) is 20.8 Å². The molecular weight excluding hydrogens is 222 g/mol. The number of rotatable bonds is 2. The molecule has 0 bridgehead atoms. The first-order valence-electron chi connectivity index (χ1n) is 4.62. The summed E-state index contributed by atoms with van der Waals surface area (Å²) < 4.78 is 0. The van der Waals surface area contributed by atoms with E-state index in [1.54, 1.807) is 13.3 Å². The van der Waals surface area contributed by atoms with Crippen LogP contribution in [0.3, 0.4) is 0 Å². The van der Waals surface area contributed by atoms with E-state index in [-0.39, 0.29) is 5.96 Å². The van der Waals surface area contributed by atoms with Gasteiger partial charge in [0.05, 0.1) is 6.21 Å². The standard InChI is InChI=1S/C10H13N5S/c1-12-10(16)14-9(11)15-13-7-8-5-3-2-4-6-8/h2-7H,1H3,(H4,11,12,14,15,16)/b13-7-. The molecule has 1 aromatic carbocycles. The third-order valence-electron chi connectivity index (χ3n) is 1.63. The van der Waals surface area contributed by atoms with E-state index < -0.39 is 0 Å². The average Bonchev–Trinajstić information content (AvgIpc) is 2.30. The molecule has 84 valence electrons. The summed E-state index contributed by atoms with van der Waals surface area (Å²) in [6.07, 6.45) is 1.64. The number of nitrogens with two attached hydrogens (primary N) is 1.